The second-order valence-corrected chi connectivity index (χ2v) is 3.50. The molecule has 2 rings (SSSR count). The number of aliphatic hydroxyl groups excluding tert-OH is 2. The molecule has 2 heterocycles. The normalized spacial score (nSPS) is 14.4. The van der Waals surface area contributed by atoms with Crippen LogP contribution in [0.15, 0.2) is 12.7 Å². The highest BCUT2D eigenvalue weighted by molar-refractivity contribution is 5.78. The lowest BCUT2D eigenvalue weighted by Gasteiger charge is -2.15. The summed E-state index contributed by atoms with van der Waals surface area (Å²) in [5.74, 6) is -0.906. The molecule has 8 nitrogen and oxygen atoms in total. The third kappa shape index (κ3) is 2.15. The lowest BCUT2D eigenvalue weighted by Crippen LogP contribution is -2.30. The quantitative estimate of drug-likeness (QED) is 0.616. The summed E-state index contributed by atoms with van der Waals surface area (Å²) in [6, 6.07) is 0. The summed E-state index contributed by atoms with van der Waals surface area (Å²) in [7, 11) is 0. The fourth-order valence-electron chi connectivity index (χ4n) is 1.51. The number of carbonyl (C=O) groups excluding carboxylic acids is 1. The largest absolute Gasteiger partial charge is 0.464 e. The van der Waals surface area contributed by atoms with Gasteiger partial charge in [-0.05, 0) is 6.92 Å². The summed E-state index contributed by atoms with van der Waals surface area (Å²) in [4.78, 5) is 25.7. The van der Waals surface area contributed by atoms with Crippen molar-refractivity contribution in [1.82, 2.24) is 19.9 Å². The number of nitrogens with one attached hydrogen (secondary N) is 1. The molecule has 2 aromatic heterocycles. The first kappa shape index (κ1) is 12.4. The number of imidazole rings is 1. The van der Waals surface area contributed by atoms with Gasteiger partial charge in [0.1, 0.15) is 23.6 Å². The Labute approximate surface area is 102 Å². The van der Waals surface area contributed by atoms with Gasteiger partial charge in [0.15, 0.2) is 11.8 Å². The highest BCUT2D eigenvalue weighted by atomic mass is 16.5. The standard InChI is InChI=1S/C10H12N4O4/c1-2-18-10(17)8(16)7(15)5-6-9(13-3-11-5)14-4-12-6/h3-4,7-8,15-16H,2H2,1H3,(H,11,12,13,14). The Kier molecular flexibility index (Phi) is 3.49. The van der Waals surface area contributed by atoms with Crippen molar-refractivity contribution in [3.8, 4) is 0 Å². The van der Waals surface area contributed by atoms with Crippen LogP contribution < -0.4 is 0 Å². The average molecular weight is 252 g/mol. The average Bonchev–Trinajstić information content (AvgIpc) is 2.85. The maximum Gasteiger partial charge on any atom is 0.338 e. The van der Waals surface area contributed by atoms with E-state index in [-0.39, 0.29) is 12.3 Å². The van der Waals surface area contributed by atoms with Gasteiger partial charge >= 0.3 is 5.97 Å². The van der Waals surface area contributed by atoms with Gasteiger partial charge in [0, 0.05) is 0 Å². The van der Waals surface area contributed by atoms with Crippen molar-refractivity contribution >= 4 is 17.1 Å². The van der Waals surface area contributed by atoms with E-state index in [0.717, 1.165) is 0 Å². The van der Waals surface area contributed by atoms with Gasteiger partial charge < -0.3 is 19.9 Å². The van der Waals surface area contributed by atoms with Crippen LogP contribution in [0.4, 0.5) is 0 Å². The predicted octanol–water partition coefficient (Wildman–Crippen LogP) is -0.690. The van der Waals surface area contributed by atoms with Gasteiger partial charge in [0.05, 0.1) is 12.9 Å². The minimum atomic E-state index is -1.70. The van der Waals surface area contributed by atoms with Crippen LogP contribution >= 0.6 is 0 Å². The SMILES string of the molecule is CCOC(=O)C(O)C(O)c1ncnc2nc[nH]c12. The number of rotatable bonds is 4. The Morgan fingerprint density at radius 2 is 2.22 bits per heavy atom. The lowest BCUT2D eigenvalue weighted by atomic mass is 10.1. The zero-order valence-corrected chi connectivity index (χ0v) is 9.57. The molecule has 0 spiro atoms. The van der Waals surface area contributed by atoms with Crippen LogP contribution in [-0.2, 0) is 9.53 Å². The summed E-state index contributed by atoms with van der Waals surface area (Å²) in [5.41, 5.74) is 0.807. The topological polar surface area (TPSA) is 121 Å². The molecule has 0 amide bonds. The molecule has 0 aliphatic rings. The van der Waals surface area contributed by atoms with Crippen LogP contribution in [0.25, 0.3) is 11.2 Å². The fourth-order valence-corrected chi connectivity index (χ4v) is 1.51. The minimum absolute atomic E-state index is 0.0954. The molecule has 2 unspecified atom stereocenters. The van der Waals surface area contributed by atoms with Crippen LogP contribution in [0.1, 0.15) is 18.7 Å². The maximum atomic E-state index is 11.3. The number of hydrogen-bond acceptors (Lipinski definition) is 7. The molecule has 0 aromatic carbocycles. The number of aliphatic hydroxyl groups is 2. The Bertz CT molecular complexity index is 556. The highest BCUT2D eigenvalue weighted by Gasteiger charge is 2.29. The van der Waals surface area contributed by atoms with E-state index in [2.05, 4.69) is 24.7 Å². The van der Waals surface area contributed by atoms with Crippen molar-refractivity contribution in [1.29, 1.82) is 0 Å². The Hall–Kier alpha value is -2.06. The number of aromatic nitrogens is 4. The van der Waals surface area contributed by atoms with Crippen molar-refractivity contribution in [2.75, 3.05) is 6.61 Å². The van der Waals surface area contributed by atoms with Crippen molar-refractivity contribution < 1.29 is 19.7 Å². The van der Waals surface area contributed by atoms with Gasteiger partial charge in [-0.25, -0.2) is 19.7 Å². The van der Waals surface area contributed by atoms with Crippen LogP contribution in [0.5, 0.6) is 0 Å². The smallest absolute Gasteiger partial charge is 0.338 e. The van der Waals surface area contributed by atoms with Crippen LogP contribution in [0.2, 0.25) is 0 Å². The second-order valence-electron chi connectivity index (χ2n) is 3.50. The molecule has 0 saturated heterocycles. The fraction of sp³-hybridized carbons (Fsp3) is 0.400. The summed E-state index contributed by atoms with van der Waals surface area (Å²) in [5, 5.41) is 19.6. The Morgan fingerprint density at radius 3 is 2.94 bits per heavy atom. The summed E-state index contributed by atoms with van der Waals surface area (Å²) < 4.78 is 4.62. The minimum Gasteiger partial charge on any atom is -0.464 e. The molecule has 18 heavy (non-hydrogen) atoms. The van der Waals surface area contributed by atoms with E-state index < -0.39 is 18.2 Å². The van der Waals surface area contributed by atoms with Gasteiger partial charge in [0.25, 0.3) is 0 Å². The number of hydrogen-bond donors (Lipinski definition) is 3. The van der Waals surface area contributed by atoms with Gasteiger partial charge in [-0.3, -0.25) is 0 Å². The van der Waals surface area contributed by atoms with Gasteiger partial charge in [0.2, 0.25) is 0 Å². The number of esters is 1. The summed E-state index contributed by atoms with van der Waals surface area (Å²) in [6.45, 7) is 1.72. The first-order valence-electron chi connectivity index (χ1n) is 5.32. The van der Waals surface area contributed by atoms with Gasteiger partial charge in [-0.1, -0.05) is 0 Å². The monoisotopic (exact) mass is 252 g/mol. The van der Waals surface area contributed by atoms with Crippen molar-refractivity contribution in [3.05, 3.63) is 18.3 Å². The number of H-pyrrole nitrogens is 1. The van der Waals surface area contributed by atoms with E-state index >= 15 is 0 Å². The number of ether oxygens (including phenoxy) is 1. The Balaban J connectivity index is 2.30. The van der Waals surface area contributed by atoms with Gasteiger partial charge in [-0.15, -0.1) is 0 Å². The molecular formula is C10H12N4O4. The van der Waals surface area contributed by atoms with Crippen molar-refractivity contribution in [2.24, 2.45) is 0 Å². The zero-order chi connectivity index (χ0) is 13.1. The number of aromatic amines is 1. The molecule has 2 atom stereocenters. The molecule has 0 aliphatic carbocycles. The zero-order valence-electron chi connectivity index (χ0n) is 9.57. The van der Waals surface area contributed by atoms with E-state index in [1.54, 1.807) is 6.92 Å². The lowest BCUT2D eigenvalue weighted by molar-refractivity contribution is -0.159. The van der Waals surface area contributed by atoms with Crippen molar-refractivity contribution in [2.45, 2.75) is 19.1 Å². The maximum absolute atomic E-state index is 11.3. The third-order valence-corrected chi connectivity index (χ3v) is 2.36. The summed E-state index contributed by atoms with van der Waals surface area (Å²) >= 11 is 0. The number of fused-ring (bicyclic) bond motifs is 1. The number of carbonyl (C=O) groups is 1. The van der Waals surface area contributed by atoms with E-state index in [1.165, 1.54) is 12.7 Å². The van der Waals surface area contributed by atoms with Crippen LogP contribution in [0.3, 0.4) is 0 Å². The van der Waals surface area contributed by atoms with E-state index in [0.29, 0.717) is 11.2 Å². The molecule has 0 aliphatic heterocycles. The van der Waals surface area contributed by atoms with Crippen molar-refractivity contribution in [3.63, 3.8) is 0 Å². The van der Waals surface area contributed by atoms with Gasteiger partial charge in [-0.2, -0.15) is 0 Å². The molecule has 96 valence electrons. The summed E-state index contributed by atoms with van der Waals surface area (Å²) in [6.07, 6.45) is -0.632. The highest BCUT2D eigenvalue weighted by Crippen LogP contribution is 2.21. The Morgan fingerprint density at radius 1 is 1.44 bits per heavy atom. The molecule has 2 aromatic rings. The van der Waals surface area contributed by atoms with E-state index in [9.17, 15) is 15.0 Å². The van der Waals surface area contributed by atoms with Crippen LogP contribution in [-0.4, -0.2) is 48.8 Å². The number of nitrogens with zero attached hydrogens (tertiary/aromatic N) is 3. The predicted molar refractivity (Wildman–Crippen MR) is 59.3 cm³/mol. The second kappa shape index (κ2) is 5.07. The molecular weight excluding hydrogens is 240 g/mol. The first-order chi connectivity index (χ1) is 8.65. The van der Waals surface area contributed by atoms with E-state index in [4.69, 9.17) is 0 Å². The van der Waals surface area contributed by atoms with E-state index in [1.807, 2.05) is 0 Å². The van der Waals surface area contributed by atoms with Crippen LogP contribution in [0, 0.1) is 0 Å². The molecule has 0 bridgehead atoms. The molecule has 0 radical (unpaired) electrons. The third-order valence-electron chi connectivity index (χ3n) is 2.36. The molecule has 8 heteroatoms. The molecule has 0 saturated carbocycles. The first-order valence-corrected chi connectivity index (χ1v) is 5.32. The molecule has 3 N–H and O–H groups in total. The molecule has 0 fully saturated rings.